The lowest BCUT2D eigenvalue weighted by Gasteiger charge is -2.11. The first-order valence-corrected chi connectivity index (χ1v) is 6.65. The molecule has 0 aliphatic heterocycles. The zero-order chi connectivity index (χ0) is 13.1. The molecule has 0 radical (unpaired) electrons. The third-order valence-electron chi connectivity index (χ3n) is 3.58. The van der Waals surface area contributed by atoms with Crippen LogP contribution in [0.1, 0.15) is 42.9 Å². The molecule has 0 amide bonds. The molecule has 1 nitrogen and oxygen atoms in total. The molecule has 2 aromatic rings. The van der Waals surface area contributed by atoms with Crippen LogP contribution >= 0.6 is 0 Å². The second kappa shape index (κ2) is 5.34. The Morgan fingerprint density at radius 1 is 1.11 bits per heavy atom. The normalized spacial score (nSPS) is 12.4. The fourth-order valence-corrected chi connectivity index (χ4v) is 2.22. The minimum absolute atomic E-state index is 0.631. The average molecular weight is 239 g/mol. The van der Waals surface area contributed by atoms with E-state index in [0.717, 1.165) is 5.69 Å². The van der Waals surface area contributed by atoms with Gasteiger partial charge >= 0.3 is 0 Å². The van der Waals surface area contributed by atoms with Gasteiger partial charge < -0.3 is 0 Å². The van der Waals surface area contributed by atoms with Crippen molar-refractivity contribution in [3.8, 4) is 11.3 Å². The second-order valence-corrected chi connectivity index (χ2v) is 5.11. The van der Waals surface area contributed by atoms with E-state index in [4.69, 9.17) is 0 Å². The molecule has 0 aliphatic carbocycles. The topological polar surface area (TPSA) is 12.9 Å². The van der Waals surface area contributed by atoms with Crippen molar-refractivity contribution in [1.82, 2.24) is 4.98 Å². The molecule has 0 spiro atoms. The minimum Gasteiger partial charge on any atom is -0.256 e. The predicted molar refractivity (Wildman–Crippen MR) is 77.9 cm³/mol. The van der Waals surface area contributed by atoms with Gasteiger partial charge in [0.15, 0.2) is 0 Å². The molecule has 0 N–H and O–H groups in total. The first-order chi connectivity index (χ1) is 8.61. The number of hydrogen-bond donors (Lipinski definition) is 0. The highest BCUT2D eigenvalue weighted by Gasteiger charge is 2.06. The summed E-state index contributed by atoms with van der Waals surface area (Å²) in [7, 11) is 0. The summed E-state index contributed by atoms with van der Waals surface area (Å²) in [4.78, 5) is 4.54. The summed E-state index contributed by atoms with van der Waals surface area (Å²) in [6.45, 7) is 8.70. The van der Waals surface area contributed by atoms with Crippen LogP contribution in [0.4, 0.5) is 0 Å². The van der Waals surface area contributed by atoms with E-state index in [2.05, 4.69) is 63.0 Å². The number of aryl methyl sites for hydroxylation is 2. The second-order valence-electron chi connectivity index (χ2n) is 5.11. The maximum absolute atomic E-state index is 4.54. The van der Waals surface area contributed by atoms with Crippen LogP contribution in [-0.4, -0.2) is 4.98 Å². The fraction of sp³-hybridized carbons (Fsp3) is 0.353. The van der Waals surface area contributed by atoms with Crippen molar-refractivity contribution in [3.63, 3.8) is 0 Å². The smallest absolute Gasteiger partial charge is 0.0731 e. The van der Waals surface area contributed by atoms with Crippen LogP contribution < -0.4 is 0 Å². The van der Waals surface area contributed by atoms with Crippen molar-refractivity contribution < 1.29 is 0 Å². The largest absolute Gasteiger partial charge is 0.256 e. The molecule has 1 aromatic carbocycles. The summed E-state index contributed by atoms with van der Waals surface area (Å²) in [6.07, 6.45) is 3.12. The molecule has 1 heterocycles. The molecule has 1 aromatic heterocycles. The van der Waals surface area contributed by atoms with Gasteiger partial charge in [0, 0.05) is 11.8 Å². The van der Waals surface area contributed by atoms with Crippen molar-refractivity contribution in [2.45, 2.75) is 40.0 Å². The van der Waals surface area contributed by atoms with Gasteiger partial charge in [-0.1, -0.05) is 44.2 Å². The zero-order valence-electron chi connectivity index (χ0n) is 11.7. The number of benzene rings is 1. The highest BCUT2D eigenvalue weighted by molar-refractivity contribution is 5.63. The summed E-state index contributed by atoms with van der Waals surface area (Å²) in [5.74, 6) is 0.631. The Morgan fingerprint density at radius 2 is 1.78 bits per heavy atom. The van der Waals surface area contributed by atoms with E-state index in [0.29, 0.717) is 5.92 Å². The molecule has 0 bridgehead atoms. The molecule has 0 aliphatic rings. The monoisotopic (exact) mass is 239 g/mol. The molecule has 1 atom stereocenters. The molecule has 1 unspecified atom stereocenters. The first kappa shape index (κ1) is 12.8. The van der Waals surface area contributed by atoms with E-state index in [9.17, 15) is 0 Å². The zero-order valence-corrected chi connectivity index (χ0v) is 11.7. The van der Waals surface area contributed by atoms with E-state index >= 15 is 0 Å². The Morgan fingerprint density at radius 3 is 2.33 bits per heavy atom. The summed E-state index contributed by atoms with van der Waals surface area (Å²) < 4.78 is 0. The summed E-state index contributed by atoms with van der Waals surface area (Å²) in [6, 6.07) is 11.0. The van der Waals surface area contributed by atoms with Crippen LogP contribution in [0, 0.1) is 13.8 Å². The number of hydrogen-bond acceptors (Lipinski definition) is 1. The molecule has 94 valence electrons. The van der Waals surface area contributed by atoms with Gasteiger partial charge in [-0.3, -0.25) is 4.98 Å². The number of rotatable bonds is 3. The van der Waals surface area contributed by atoms with Gasteiger partial charge in [-0.25, -0.2) is 0 Å². The lowest BCUT2D eigenvalue weighted by molar-refractivity contribution is 0.734. The highest BCUT2D eigenvalue weighted by atomic mass is 14.7. The SMILES string of the molecule is CCC(C)c1ccc(-c2ncc(C)cc2C)cc1. The Labute approximate surface area is 110 Å². The van der Waals surface area contributed by atoms with Crippen molar-refractivity contribution in [2.75, 3.05) is 0 Å². The van der Waals surface area contributed by atoms with E-state index in [1.807, 2.05) is 6.20 Å². The maximum atomic E-state index is 4.54. The molecule has 0 saturated heterocycles. The number of nitrogens with zero attached hydrogens (tertiary/aromatic N) is 1. The van der Waals surface area contributed by atoms with Crippen LogP contribution in [0.3, 0.4) is 0 Å². The Bertz CT molecular complexity index is 526. The maximum Gasteiger partial charge on any atom is 0.0731 e. The van der Waals surface area contributed by atoms with E-state index in [1.165, 1.54) is 28.7 Å². The molecule has 18 heavy (non-hydrogen) atoms. The third kappa shape index (κ3) is 2.61. The van der Waals surface area contributed by atoms with Crippen molar-refractivity contribution >= 4 is 0 Å². The van der Waals surface area contributed by atoms with Gasteiger partial charge in [-0.15, -0.1) is 0 Å². The fourth-order valence-electron chi connectivity index (χ4n) is 2.22. The van der Waals surface area contributed by atoms with Gasteiger partial charge in [0.2, 0.25) is 0 Å². The first-order valence-electron chi connectivity index (χ1n) is 6.65. The lowest BCUT2D eigenvalue weighted by Crippen LogP contribution is -1.93. The van der Waals surface area contributed by atoms with Crippen LogP contribution in [0.2, 0.25) is 0 Å². The standard InChI is InChI=1S/C17H21N/c1-5-13(3)15-6-8-16(9-7-15)17-14(4)10-12(2)11-18-17/h6-11,13H,5H2,1-4H3. The van der Waals surface area contributed by atoms with Crippen LogP contribution in [0.25, 0.3) is 11.3 Å². The number of aromatic nitrogens is 1. The minimum atomic E-state index is 0.631. The molecular weight excluding hydrogens is 218 g/mol. The average Bonchev–Trinajstić information content (AvgIpc) is 2.38. The van der Waals surface area contributed by atoms with Gasteiger partial charge in [-0.05, 0) is 42.9 Å². The lowest BCUT2D eigenvalue weighted by atomic mass is 9.96. The summed E-state index contributed by atoms with van der Waals surface area (Å²) in [5, 5.41) is 0. The van der Waals surface area contributed by atoms with E-state index in [1.54, 1.807) is 0 Å². The van der Waals surface area contributed by atoms with Crippen molar-refractivity contribution in [2.24, 2.45) is 0 Å². The van der Waals surface area contributed by atoms with Crippen molar-refractivity contribution in [3.05, 3.63) is 53.2 Å². The number of pyridine rings is 1. The molecule has 0 fully saturated rings. The summed E-state index contributed by atoms with van der Waals surface area (Å²) in [5.41, 5.74) is 6.17. The Balaban J connectivity index is 2.34. The van der Waals surface area contributed by atoms with Crippen LogP contribution in [0.15, 0.2) is 36.5 Å². The van der Waals surface area contributed by atoms with Gasteiger partial charge in [0.25, 0.3) is 0 Å². The quantitative estimate of drug-likeness (QED) is 0.744. The van der Waals surface area contributed by atoms with E-state index in [-0.39, 0.29) is 0 Å². The summed E-state index contributed by atoms with van der Waals surface area (Å²) >= 11 is 0. The molecule has 0 saturated carbocycles. The van der Waals surface area contributed by atoms with Crippen molar-refractivity contribution in [1.29, 1.82) is 0 Å². The van der Waals surface area contributed by atoms with E-state index < -0.39 is 0 Å². The van der Waals surface area contributed by atoms with Gasteiger partial charge in [-0.2, -0.15) is 0 Å². The van der Waals surface area contributed by atoms with Crippen LogP contribution in [0.5, 0.6) is 0 Å². The van der Waals surface area contributed by atoms with Gasteiger partial charge in [0.05, 0.1) is 5.69 Å². The molecular formula is C17H21N. The third-order valence-corrected chi connectivity index (χ3v) is 3.58. The highest BCUT2D eigenvalue weighted by Crippen LogP contribution is 2.25. The Kier molecular flexibility index (Phi) is 3.81. The van der Waals surface area contributed by atoms with Crippen LogP contribution in [-0.2, 0) is 0 Å². The Hall–Kier alpha value is -1.63. The predicted octanol–water partition coefficient (Wildman–Crippen LogP) is 4.88. The molecule has 1 heteroatoms. The molecule has 2 rings (SSSR count). The van der Waals surface area contributed by atoms with Gasteiger partial charge in [0.1, 0.15) is 0 Å².